The molecule has 0 atom stereocenters. The van der Waals surface area contributed by atoms with Crippen molar-refractivity contribution in [2.75, 3.05) is 32.1 Å². The van der Waals surface area contributed by atoms with Crippen LogP contribution in [0.15, 0.2) is 35.9 Å². The van der Waals surface area contributed by atoms with Crippen LogP contribution in [-0.4, -0.2) is 42.7 Å². The van der Waals surface area contributed by atoms with Crippen LogP contribution in [0.4, 0.5) is 5.69 Å². The largest absolute Gasteiger partial charge is 0.494 e. The van der Waals surface area contributed by atoms with Crippen LogP contribution in [0.5, 0.6) is 5.75 Å². The van der Waals surface area contributed by atoms with Crippen molar-refractivity contribution in [1.29, 1.82) is 0 Å². The molecule has 0 bridgehead atoms. The second-order valence-electron chi connectivity index (χ2n) is 6.24. The number of hydrogen-bond donors (Lipinski definition) is 2. The molecule has 25 heavy (non-hydrogen) atoms. The third kappa shape index (κ3) is 6.84. The number of carbonyl (C=O) groups is 1. The highest BCUT2D eigenvalue weighted by molar-refractivity contribution is 7.80. The van der Waals surface area contributed by atoms with Crippen molar-refractivity contribution >= 4 is 28.9 Å². The van der Waals surface area contributed by atoms with Crippen LogP contribution in [-0.2, 0) is 4.79 Å². The number of carbonyl (C=O) groups excluding carboxylic acids is 1. The van der Waals surface area contributed by atoms with Crippen molar-refractivity contribution in [3.8, 4) is 5.75 Å². The summed E-state index contributed by atoms with van der Waals surface area (Å²) in [6.45, 7) is 4.54. The Hall–Kier alpha value is -1.92. The van der Waals surface area contributed by atoms with Crippen molar-refractivity contribution in [1.82, 2.24) is 10.2 Å². The monoisotopic (exact) mass is 361 g/mol. The molecule has 0 fully saturated rings. The molecule has 0 radical (unpaired) electrons. The summed E-state index contributed by atoms with van der Waals surface area (Å²) in [5.41, 5.74) is 1.58. The van der Waals surface area contributed by atoms with E-state index in [0.29, 0.717) is 11.7 Å². The summed E-state index contributed by atoms with van der Waals surface area (Å²) in [5.74, 6) is 0.701. The number of benzene rings is 1. The molecular formula is C19H27N3O2S. The smallest absolute Gasteiger partial charge is 0.254 e. The lowest BCUT2D eigenvalue weighted by atomic mass is 10.1. The molecule has 1 amide bonds. The van der Waals surface area contributed by atoms with E-state index < -0.39 is 0 Å². The SMILES string of the molecule is CCCCCOc1ccc(NC(=S)NC(=O)C2=CCCN(C)C2)cc1. The second-order valence-corrected chi connectivity index (χ2v) is 6.65. The van der Waals surface area contributed by atoms with E-state index in [1.807, 2.05) is 37.4 Å². The second kappa shape index (κ2) is 10.2. The Morgan fingerprint density at radius 1 is 1.28 bits per heavy atom. The molecule has 2 rings (SSSR count). The van der Waals surface area contributed by atoms with Gasteiger partial charge in [0.15, 0.2) is 5.11 Å². The Morgan fingerprint density at radius 3 is 2.72 bits per heavy atom. The van der Waals surface area contributed by atoms with Gasteiger partial charge >= 0.3 is 0 Å². The molecule has 1 aromatic rings. The maximum absolute atomic E-state index is 12.2. The van der Waals surface area contributed by atoms with Crippen LogP contribution in [0.25, 0.3) is 0 Å². The standard InChI is InChI=1S/C19H27N3O2S/c1-3-4-5-13-24-17-10-8-16(9-11-17)20-19(25)21-18(23)15-7-6-12-22(2)14-15/h7-11H,3-6,12-14H2,1-2H3,(H2,20,21,23,25). The van der Waals surface area contributed by atoms with E-state index in [1.165, 1.54) is 12.8 Å². The first-order valence-electron chi connectivity index (χ1n) is 8.81. The van der Waals surface area contributed by atoms with Gasteiger partial charge in [0.2, 0.25) is 0 Å². The van der Waals surface area contributed by atoms with Gasteiger partial charge in [-0.3, -0.25) is 10.1 Å². The summed E-state index contributed by atoms with van der Waals surface area (Å²) >= 11 is 5.23. The number of thiocarbonyl (C=S) groups is 1. The molecule has 0 aliphatic carbocycles. The first kappa shape index (κ1) is 19.4. The molecule has 6 heteroatoms. The van der Waals surface area contributed by atoms with Crippen molar-refractivity contribution in [2.45, 2.75) is 32.6 Å². The zero-order valence-electron chi connectivity index (χ0n) is 15.0. The summed E-state index contributed by atoms with van der Waals surface area (Å²) in [4.78, 5) is 14.3. The maximum Gasteiger partial charge on any atom is 0.254 e. The van der Waals surface area contributed by atoms with Crippen LogP contribution < -0.4 is 15.4 Å². The van der Waals surface area contributed by atoms with Crippen molar-refractivity contribution < 1.29 is 9.53 Å². The van der Waals surface area contributed by atoms with Crippen molar-refractivity contribution in [3.05, 3.63) is 35.9 Å². The molecule has 5 nitrogen and oxygen atoms in total. The number of ether oxygens (including phenoxy) is 1. The first-order valence-corrected chi connectivity index (χ1v) is 9.22. The van der Waals surface area contributed by atoms with Crippen LogP contribution in [0.3, 0.4) is 0 Å². The minimum Gasteiger partial charge on any atom is -0.494 e. The number of nitrogens with one attached hydrogen (secondary N) is 2. The summed E-state index contributed by atoms with van der Waals surface area (Å²) in [7, 11) is 2.00. The molecule has 1 aromatic carbocycles. The molecule has 0 spiro atoms. The minimum absolute atomic E-state index is 0.139. The number of likely N-dealkylation sites (N-methyl/N-ethyl adjacent to an activating group) is 1. The Bertz CT molecular complexity index is 614. The molecule has 0 aromatic heterocycles. The molecule has 1 heterocycles. The Labute approximate surface area is 155 Å². The Balaban J connectivity index is 1.78. The molecule has 1 aliphatic rings. The van der Waals surface area contributed by atoms with E-state index in [0.717, 1.165) is 43.0 Å². The first-order chi connectivity index (χ1) is 12.1. The number of nitrogens with zero attached hydrogens (tertiary/aromatic N) is 1. The lowest BCUT2D eigenvalue weighted by Crippen LogP contribution is -2.39. The van der Waals surface area contributed by atoms with E-state index >= 15 is 0 Å². The zero-order chi connectivity index (χ0) is 18.1. The molecule has 2 N–H and O–H groups in total. The number of hydrogen-bond acceptors (Lipinski definition) is 4. The quantitative estimate of drug-likeness (QED) is 0.576. The molecule has 0 unspecified atom stereocenters. The van der Waals surface area contributed by atoms with E-state index in [9.17, 15) is 4.79 Å². The van der Waals surface area contributed by atoms with Gasteiger partial charge in [-0.15, -0.1) is 0 Å². The average Bonchev–Trinajstić information content (AvgIpc) is 2.60. The summed E-state index contributed by atoms with van der Waals surface area (Å²) in [5, 5.41) is 6.07. The average molecular weight is 362 g/mol. The number of unbranched alkanes of at least 4 members (excludes halogenated alkanes) is 2. The molecule has 1 aliphatic heterocycles. The van der Waals surface area contributed by atoms with Gasteiger partial charge < -0.3 is 15.0 Å². The Morgan fingerprint density at radius 2 is 2.04 bits per heavy atom. The van der Waals surface area contributed by atoms with Gasteiger partial charge in [0, 0.05) is 24.4 Å². The van der Waals surface area contributed by atoms with E-state index in [-0.39, 0.29) is 5.91 Å². The predicted molar refractivity (Wildman–Crippen MR) is 106 cm³/mol. The summed E-state index contributed by atoms with van der Waals surface area (Å²) < 4.78 is 5.68. The van der Waals surface area contributed by atoms with Crippen LogP contribution in [0.1, 0.15) is 32.6 Å². The van der Waals surface area contributed by atoms with Gasteiger partial charge in [0.1, 0.15) is 5.75 Å². The lowest BCUT2D eigenvalue weighted by Gasteiger charge is -2.22. The van der Waals surface area contributed by atoms with E-state index in [1.54, 1.807) is 0 Å². The van der Waals surface area contributed by atoms with Crippen LogP contribution in [0.2, 0.25) is 0 Å². The third-order valence-corrected chi connectivity index (χ3v) is 4.19. The Kier molecular flexibility index (Phi) is 7.88. The van der Waals surface area contributed by atoms with Gasteiger partial charge in [0.05, 0.1) is 6.61 Å². The van der Waals surface area contributed by atoms with Crippen molar-refractivity contribution in [3.63, 3.8) is 0 Å². The third-order valence-electron chi connectivity index (χ3n) is 3.99. The van der Waals surface area contributed by atoms with Crippen LogP contribution in [0, 0.1) is 0 Å². The molecule has 0 saturated heterocycles. The highest BCUT2D eigenvalue weighted by atomic mass is 32.1. The predicted octanol–water partition coefficient (Wildman–Crippen LogP) is 3.33. The van der Waals surface area contributed by atoms with Gasteiger partial charge in [-0.05, 0) is 56.4 Å². The number of rotatable bonds is 7. The fraction of sp³-hybridized carbons (Fsp3) is 0.474. The number of amides is 1. The number of anilines is 1. The normalized spacial score (nSPS) is 14.6. The van der Waals surface area contributed by atoms with Gasteiger partial charge in [-0.25, -0.2) is 0 Å². The molecule has 136 valence electrons. The lowest BCUT2D eigenvalue weighted by molar-refractivity contribution is -0.116. The van der Waals surface area contributed by atoms with Gasteiger partial charge in [-0.2, -0.15) is 0 Å². The maximum atomic E-state index is 12.2. The highest BCUT2D eigenvalue weighted by Crippen LogP contribution is 2.16. The fourth-order valence-corrected chi connectivity index (χ4v) is 2.79. The van der Waals surface area contributed by atoms with Gasteiger partial charge in [-0.1, -0.05) is 25.8 Å². The van der Waals surface area contributed by atoms with E-state index in [4.69, 9.17) is 17.0 Å². The molecular weight excluding hydrogens is 334 g/mol. The van der Waals surface area contributed by atoms with Crippen LogP contribution >= 0.6 is 12.2 Å². The minimum atomic E-state index is -0.139. The fourth-order valence-electron chi connectivity index (χ4n) is 2.58. The summed E-state index contributed by atoms with van der Waals surface area (Å²) in [6.07, 6.45) is 6.29. The topological polar surface area (TPSA) is 53.6 Å². The zero-order valence-corrected chi connectivity index (χ0v) is 15.8. The van der Waals surface area contributed by atoms with E-state index in [2.05, 4.69) is 22.5 Å². The molecule has 0 saturated carbocycles. The van der Waals surface area contributed by atoms with Gasteiger partial charge in [0.25, 0.3) is 5.91 Å². The summed E-state index contributed by atoms with van der Waals surface area (Å²) in [6, 6.07) is 7.58. The highest BCUT2D eigenvalue weighted by Gasteiger charge is 2.16. The van der Waals surface area contributed by atoms with Crippen molar-refractivity contribution in [2.24, 2.45) is 0 Å².